The zero-order valence-electron chi connectivity index (χ0n) is 21.9. The minimum Gasteiger partial charge on any atom is -0.385 e. The smallest absolute Gasteiger partial charge is 0.385 e. The number of rotatable bonds is 8. The molecule has 0 aliphatic rings. The van der Waals surface area contributed by atoms with Gasteiger partial charge in [0.15, 0.2) is 6.68 Å². The van der Waals surface area contributed by atoms with Crippen molar-refractivity contribution in [2.24, 2.45) is 0 Å². The van der Waals surface area contributed by atoms with E-state index in [0.717, 1.165) is 0 Å². The monoisotopic (exact) mass is 664 g/mol. The molecule has 208 valence electrons. The molecule has 5 aromatic rings. The summed E-state index contributed by atoms with van der Waals surface area (Å²) in [7, 11) is -0.618. The van der Waals surface area contributed by atoms with Crippen molar-refractivity contribution in [1.82, 2.24) is 0 Å². The molecule has 0 radical (unpaired) electrons. The van der Waals surface area contributed by atoms with Gasteiger partial charge in [-0.3, -0.25) is 0 Å². The molecule has 0 saturated heterocycles. The molecule has 0 nitrogen and oxygen atoms in total. The Morgan fingerprint density at radius 1 is 0.450 bits per heavy atom. The van der Waals surface area contributed by atoms with E-state index >= 15 is 0 Å². The summed E-state index contributed by atoms with van der Waals surface area (Å²) in [4.78, 5) is 0. The quantitative estimate of drug-likeness (QED) is 0.0887. The molecule has 40 heavy (non-hydrogen) atoms. The van der Waals surface area contributed by atoms with Gasteiger partial charge in [0.25, 0.3) is 0 Å². The minimum atomic E-state index is -3.08. The maximum atomic E-state index is 9.58. The van der Waals surface area contributed by atoms with Crippen molar-refractivity contribution >= 4 is 37.1 Å². The zero-order chi connectivity index (χ0) is 27.5. The third kappa shape index (κ3) is 12.7. The van der Waals surface area contributed by atoms with E-state index in [4.69, 9.17) is 0 Å². The topological polar surface area (TPSA) is 0 Å². The summed E-state index contributed by atoms with van der Waals surface area (Å²) >= 11 is 0. The van der Waals surface area contributed by atoms with E-state index in [0.29, 0.717) is 0 Å². The van der Waals surface area contributed by atoms with Crippen LogP contribution in [0, 0.1) is 12.7 Å². The van der Waals surface area contributed by atoms with E-state index in [2.05, 4.69) is 127 Å². The second kappa shape index (κ2) is 20.3. The Morgan fingerprint density at radius 2 is 0.700 bits per heavy atom. The molecule has 0 amide bonds. The van der Waals surface area contributed by atoms with Crippen LogP contribution in [0.15, 0.2) is 152 Å². The van der Waals surface area contributed by atoms with E-state index in [1.807, 2.05) is 30.3 Å². The number of hydrogen-bond donors (Lipinski definition) is 0. The molecule has 0 bridgehead atoms. The second-order valence-electron chi connectivity index (χ2n) is 8.29. The van der Waals surface area contributed by atoms with Gasteiger partial charge in [0, 0.05) is 0 Å². The minimum absolute atomic E-state index is 0. The summed E-state index contributed by atoms with van der Waals surface area (Å²) in [5.74, 6) is 0. The van der Waals surface area contributed by atoms with Crippen LogP contribution in [-0.2, 0) is 20.4 Å². The number of benzene rings is 5. The van der Waals surface area contributed by atoms with E-state index in [1.165, 1.54) is 40.0 Å². The molecule has 0 heterocycles. The summed E-state index contributed by atoms with van der Waals surface area (Å²) in [5.41, 5.74) is 0. The standard InChI is InChI=1S/C27H26P2.C6H5.CF3.Pd/c1-5-14-24(15-6-1)28(25-16-7-2-8-17-25)22-13-23-29(26-18-9-3-10-19-26)27-20-11-4-12-21-27;1-2-4-6-5-3-1;2-1(3)4;/h1-12,14-21H,13,22-23H2;1-5H;;/q;2*-1;+2. The predicted molar refractivity (Wildman–Crippen MR) is 164 cm³/mol. The maximum Gasteiger partial charge on any atom is 2.00 e. The maximum absolute atomic E-state index is 9.58. The first kappa shape index (κ1) is 33.6. The van der Waals surface area contributed by atoms with Crippen LogP contribution in [0.2, 0.25) is 0 Å². The Bertz CT molecular complexity index is 1070. The van der Waals surface area contributed by atoms with E-state index in [1.54, 1.807) is 0 Å². The Kier molecular flexibility index (Phi) is 17.1. The van der Waals surface area contributed by atoms with Gasteiger partial charge in [0.2, 0.25) is 0 Å². The van der Waals surface area contributed by atoms with E-state index in [9.17, 15) is 13.2 Å². The first-order chi connectivity index (χ1) is 19.1. The van der Waals surface area contributed by atoms with Gasteiger partial charge in [-0.15, -0.1) is 0 Å². The van der Waals surface area contributed by atoms with Gasteiger partial charge in [-0.1, -0.05) is 121 Å². The molecule has 0 fully saturated rings. The number of hydrogen-bond acceptors (Lipinski definition) is 0. The van der Waals surface area contributed by atoms with Gasteiger partial charge in [-0.05, 0) is 55.8 Å². The van der Waals surface area contributed by atoms with Crippen molar-refractivity contribution < 1.29 is 33.6 Å². The van der Waals surface area contributed by atoms with Gasteiger partial charge >= 0.3 is 20.4 Å². The molecule has 5 aromatic carbocycles. The third-order valence-electron chi connectivity index (χ3n) is 5.64. The van der Waals surface area contributed by atoms with Crippen LogP contribution in [0.3, 0.4) is 0 Å². The van der Waals surface area contributed by atoms with E-state index < -0.39 is 6.68 Å². The Balaban J connectivity index is 0.000000433. The normalized spacial score (nSPS) is 10.2. The van der Waals surface area contributed by atoms with Gasteiger partial charge in [0.1, 0.15) is 0 Å². The molecule has 0 N–H and O–H groups in total. The van der Waals surface area contributed by atoms with Crippen LogP contribution in [0.25, 0.3) is 0 Å². The molecule has 0 aromatic heterocycles. The summed E-state index contributed by atoms with van der Waals surface area (Å²) in [6.07, 6.45) is 3.72. The van der Waals surface area contributed by atoms with E-state index in [-0.39, 0.29) is 36.3 Å². The second-order valence-corrected chi connectivity index (χ2v) is 13.0. The van der Waals surface area contributed by atoms with Crippen LogP contribution in [0.1, 0.15) is 6.42 Å². The van der Waals surface area contributed by atoms with Crippen molar-refractivity contribution in [3.8, 4) is 0 Å². The molecule has 0 unspecified atom stereocenters. The van der Waals surface area contributed by atoms with Gasteiger partial charge < -0.3 is 13.2 Å². The molecule has 5 rings (SSSR count). The fraction of sp³-hybridized carbons (Fsp3) is 0.0882. The first-order valence-electron chi connectivity index (χ1n) is 12.6. The van der Waals surface area contributed by atoms with Crippen molar-refractivity contribution in [3.63, 3.8) is 0 Å². The number of halogens is 3. The van der Waals surface area contributed by atoms with Gasteiger partial charge in [-0.2, -0.15) is 36.4 Å². The zero-order valence-corrected chi connectivity index (χ0v) is 25.2. The largest absolute Gasteiger partial charge is 2.00 e. The summed E-state index contributed by atoms with van der Waals surface area (Å²) in [6, 6.07) is 56.8. The average molecular weight is 665 g/mol. The van der Waals surface area contributed by atoms with Gasteiger partial charge in [-0.25, -0.2) is 0 Å². The Labute approximate surface area is 252 Å². The summed E-state index contributed by atoms with van der Waals surface area (Å²) < 4.78 is 28.8. The first-order valence-corrected chi connectivity index (χ1v) is 15.7. The van der Waals surface area contributed by atoms with Crippen LogP contribution in [0.4, 0.5) is 13.2 Å². The SMILES string of the molecule is F[C-](F)F.[Pd+2].[c-]1ccccc1.c1ccc(P(CCCP(c2ccccc2)c2ccccc2)c2ccccc2)cc1. The average Bonchev–Trinajstić information content (AvgIpc) is 3.00. The fourth-order valence-electron chi connectivity index (χ4n) is 3.98. The molecule has 6 heteroatoms. The molecule has 0 aliphatic heterocycles. The van der Waals surface area contributed by atoms with Crippen LogP contribution < -0.4 is 21.2 Å². The van der Waals surface area contributed by atoms with Crippen molar-refractivity contribution in [3.05, 3.63) is 164 Å². The van der Waals surface area contributed by atoms with Crippen molar-refractivity contribution in [2.45, 2.75) is 6.42 Å². The van der Waals surface area contributed by atoms with Crippen molar-refractivity contribution in [2.75, 3.05) is 12.3 Å². The summed E-state index contributed by atoms with van der Waals surface area (Å²) in [6.45, 7) is -3.08. The Morgan fingerprint density at radius 3 is 0.900 bits per heavy atom. The summed E-state index contributed by atoms with van der Waals surface area (Å²) in [5, 5.41) is 5.94. The van der Waals surface area contributed by atoms with Crippen molar-refractivity contribution in [1.29, 1.82) is 0 Å². The molecule has 0 spiro atoms. The molecular formula is C34H31F3P2Pd. The van der Waals surface area contributed by atoms with Crippen LogP contribution >= 0.6 is 15.8 Å². The Hall–Kier alpha value is -2.59. The fourth-order valence-corrected chi connectivity index (χ4v) is 8.93. The molecular weight excluding hydrogens is 634 g/mol. The van der Waals surface area contributed by atoms with Crippen LogP contribution in [0.5, 0.6) is 0 Å². The van der Waals surface area contributed by atoms with Crippen LogP contribution in [-0.4, -0.2) is 12.3 Å². The third-order valence-corrected chi connectivity index (χ3v) is 10.9. The molecule has 0 saturated carbocycles. The van der Waals surface area contributed by atoms with Gasteiger partial charge in [0.05, 0.1) is 0 Å². The molecule has 0 aliphatic carbocycles. The molecule has 0 atom stereocenters. The predicted octanol–water partition coefficient (Wildman–Crippen LogP) is 8.47.